The van der Waals surface area contributed by atoms with Crippen molar-refractivity contribution in [2.75, 3.05) is 7.05 Å². The highest BCUT2D eigenvalue weighted by Crippen LogP contribution is 2.29. The quantitative estimate of drug-likeness (QED) is 0.865. The average molecular weight is 312 g/mol. The molecule has 0 radical (unpaired) electrons. The molecular formula is C15H15F3N2O2. The van der Waals surface area contributed by atoms with Crippen LogP contribution >= 0.6 is 0 Å². The fraction of sp³-hybridized carbons (Fsp3) is 0.333. The zero-order chi connectivity index (χ0) is 16.5. The van der Waals surface area contributed by atoms with Crippen LogP contribution in [0.5, 0.6) is 0 Å². The highest BCUT2D eigenvalue weighted by atomic mass is 19.4. The number of amides is 1. The molecule has 0 aliphatic rings. The summed E-state index contributed by atoms with van der Waals surface area (Å²) in [6.45, 7) is 3.15. The minimum atomic E-state index is -4.53. The van der Waals surface area contributed by atoms with E-state index in [0.717, 1.165) is 12.1 Å². The van der Waals surface area contributed by atoms with Crippen LogP contribution in [-0.2, 0) is 6.18 Å². The number of nitrogens with zero attached hydrogens (tertiary/aromatic N) is 2. The molecule has 118 valence electrons. The van der Waals surface area contributed by atoms with E-state index in [4.69, 9.17) is 4.42 Å². The molecule has 1 atom stereocenters. The molecule has 2 heterocycles. The summed E-state index contributed by atoms with van der Waals surface area (Å²) < 4.78 is 43.0. The SMILES string of the molecule is Cc1nc(C(F)(F)F)ccc1C(=O)N(C)C(C)c1ccco1. The van der Waals surface area contributed by atoms with Gasteiger partial charge in [0.25, 0.3) is 5.91 Å². The van der Waals surface area contributed by atoms with E-state index in [0.29, 0.717) is 5.76 Å². The highest BCUT2D eigenvalue weighted by Gasteiger charge is 2.33. The number of furan rings is 1. The zero-order valence-corrected chi connectivity index (χ0v) is 12.3. The lowest BCUT2D eigenvalue weighted by molar-refractivity contribution is -0.141. The minimum absolute atomic E-state index is 0.0401. The molecule has 1 amide bonds. The average Bonchev–Trinajstić information content (AvgIpc) is 2.98. The van der Waals surface area contributed by atoms with E-state index in [1.165, 1.54) is 18.1 Å². The number of hydrogen-bond donors (Lipinski definition) is 0. The van der Waals surface area contributed by atoms with Gasteiger partial charge in [0.05, 0.1) is 23.6 Å². The van der Waals surface area contributed by atoms with E-state index in [1.54, 1.807) is 26.1 Å². The monoisotopic (exact) mass is 312 g/mol. The minimum Gasteiger partial charge on any atom is -0.467 e. The van der Waals surface area contributed by atoms with Gasteiger partial charge in [0.2, 0.25) is 0 Å². The zero-order valence-electron chi connectivity index (χ0n) is 12.3. The van der Waals surface area contributed by atoms with E-state index < -0.39 is 17.8 Å². The maximum absolute atomic E-state index is 12.6. The Bertz CT molecular complexity index is 666. The molecule has 0 bridgehead atoms. The first kappa shape index (κ1) is 16.1. The molecule has 0 saturated heterocycles. The third kappa shape index (κ3) is 3.13. The van der Waals surface area contributed by atoms with Gasteiger partial charge in [-0.2, -0.15) is 13.2 Å². The summed E-state index contributed by atoms with van der Waals surface area (Å²) in [7, 11) is 1.56. The maximum Gasteiger partial charge on any atom is 0.433 e. The molecular weight excluding hydrogens is 297 g/mol. The van der Waals surface area contributed by atoms with Crippen LogP contribution < -0.4 is 0 Å². The van der Waals surface area contributed by atoms with Gasteiger partial charge in [-0.25, -0.2) is 4.98 Å². The molecule has 0 aliphatic carbocycles. The number of alkyl halides is 3. The summed E-state index contributed by atoms with van der Waals surface area (Å²) in [6.07, 6.45) is -3.03. The normalized spacial score (nSPS) is 13.0. The topological polar surface area (TPSA) is 46.3 Å². The molecule has 7 heteroatoms. The summed E-state index contributed by atoms with van der Waals surface area (Å²) in [5.41, 5.74) is -0.837. The number of halogens is 3. The summed E-state index contributed by atoms with van der Waals surface area (Å²) in [5.74, 6) is 0.177. The van der Waals surface area contributed by atoms with Crippen molar-refractivity contribution in [3.8, 4) is 0 Å². The van der Waals surface area contributed by atoms with Crippen molar-refractivity contribution in [3.63, 3.8) is 0 Å². The van der Waals surface area contributed by atoms with Gasteiger partial charge in [-0.05, 0) is 38.1 Å². The van der Waals surface area contributed by atoms with Gasteiger partial charge >= 0.3 is 6.18 Å². The highest BCUT2D eigenvalue weighted by molar-refractivity contribution is 5.95. The van der Waals surface area contributed by atoms with E-state index >= 15 is 0 Å². The van der Waals surface area contributed by atoms with E-state index in [9.17, 15) is 18.0 Å². The number of rotatable bonds is 3. The molecule has 2 rings (SSSR count). The van der Waals surface area contributed by atoms with Gasteiger partial charge in [0.1, 0.15) is 11.5 Å². The lowest BCUT2D eigenvalue weighted by Gasteiger charge is -2.24. The molecule has 0 aliphatic heterocycles. The Morgan fingerprint density at radius 3 is 2.50 bits per heavy atom. The number of aromatic nitrogens is 1. The van der Waals surface area contributed by atoms with Crippen LogP contribution in [0, 0.1) is 6.92 Å². The van der Waals surface area contributed by atoms with Crippen molar-refractivity contribution in [2.45, 2.75) is 26.1 Å². The first-order chi connectivity index (χ1) is 10.2. The second-order valence-electron chi connectivity index (χ2n) is 4.93. The van der Waals surface area contributed by atoms with Gasteiger partial charge in [0.15, 0.2) is 0 Å². The Labute approximate surface area is 125 Å². The molecule has 0 saturated carbocycles. The predicted octanol–water partition coefficient (Wildman–Crippen LogP) is 3.84. The maximum atomic E-state index is 12.6. The van der Waals surface area contributed by atoms with E-state index in [1.807, 2.05) is 0 Å². The second kappa shape index (κ2) is 5.82. The van der Waals surface area contributed by atoms with Gasteiger partial charge < -0.3 is 9.32 Å². The van der Waals surface area contributed by atoms with Crippen molar-refractivity contribution in [2.24, 2.45) is 0 Å². The van der Waals surface area contributed by atoms with Gasteiger partial charge in [-0.15, -0.1) is 0 Å². The van der Waals surface area contributed by atoms with Crippen LogP contribution in [0.25, 0.3) is 0 Å². The Morgan fingerprint density at radius 2 is 2.00 bits per heavy atom. The summed E-state index contributed by atoms with van der Waals surface area (Å²) in [6, 6.07) is 5.05. The van der Waals surface area contributed by atoms with Crippen molar-refractivity contribution >= 4 is 5.91 Å². The number of carbonyl (C=O) groups is 1. The third-order valence-corrected chi connectivity index (χ3v) is 3.46. The molecule has 22 heavy (non-hydrogen) atoms. The van der Waals surface area contributed by atoms with Crippen molar-refractivity contribution in [1.82, 2.24) is 9.88 Å². The first-order valence-electron chi connectivity index (χ1n) is 6.57. The van der Waals surface area contributed by atoms with Crippen LogP contribution in [0.15, 0.2) is 34.9 Å². The predicted molar refractivity (Wildman–Crippen MR) is 73.2 cm³/mol. The largest absolute Gasteiger partial charge is 0.467 e. The summed E-state index contributed by atoms with van der Waals surface area (Å²) >= 11 is 0. The van der Waals surface area contributed by atoms with E-state index in [2.05, 4.69) is 4.98 Å². The third-order valence-electron chi connectivity index (χ3n) is 3.46. The smallest absolute Gasteiger partial charge is 0.433 e. The first-order valence-corrected chi connectivity index (χ1v) is 6.57. The Morgan fingerprint density at radius 1 is 1.32 bits per heavy atom. The molecule has 0 aromatic carbocycles. The summed E-state index contributed by atoms with van der Waals surface area (Å²) in [4.78, 5) is 17.3. The van der Waals surface area contributed by atoms with E-state index in [-0.39, 0.29) is 17.3 Å². The van der Waals surface area contributed by atoms with Crippen LogP contribution in [0.3, 0.4) is 0 Å². The van der Waals surface area contributed by atoms with Crippen molar-refractivity contribution < 1.29 is 22.4 Å². The van der Waals surface area contributed by atoms with Gasteiger partial charge in [-0.3, -0.25) is 4.79 Å². The standard InChI is InChI=1S/C15H15F3N2O2/c1-9-11(6-7-13(19-9)15(16,17)18)14(21)20(3)10(2)12-5-4-8-22-12/h4-8,10H,1-3H3. The second-order valence-corrected chi connectivity index (χ2v) is 4.93. The van der Waals surface area contributed by atoms with Gasteiger partial charge in [-0.1, -0.05) is 0 Å². The molecule has 0 N–H and O–H groups in total. The molecule has 1 unspecified atom stereocenters. The van der Waals surface area contributed by atoms with Crippen molar-refractivity contribution in [1.29, 1.82) is 0 Å². The van der Waals surface area contributed by atoms with Crippen LogP contribution in [0.1, 0.15) is 40.5 Å². The Balaban J connectivity index is 2.26. The number of carbonyl (C=O) groups excluding carboxylic acids is 1. The fourth-order valence-electron chi connectivity index (χ4n) is 2.03. The lowest BCUT2D eigenvalue weighted by atomic mass is 10.1. The number of pyridine rings is 1. The van der Waals surface area contributed by atoms with Crippen LogP contribution in [0.2, 0.25) is 0 Å². The summed E-state index contributed by atoms with van der Waals surface area (Å²) in [5, 5.41) is 0. The van der Waals surface area contributed by atoms with Crippen LogP contribution in [0.4, 0.5) is 13.2 Å². The van der Waals surface area contributed by atoms with Crippen LogP contribution in [-0.4, -0.2) is 22.8 Å². The molecule has 4 nitrogen and oxygen atoms in total. The Hall–Kier alpha value is -2.31. The molecule has 0 fully saturated rings. The number of aryl methyl sites for hydroxylation is 1. The lowest BCUT2D eigenvalue weighted by Crippen LogP contribution is -2.30. The Kier molecular flexibility index (Phi) is 4.25. The van der Waals surface area contributed by atoms with Gasteiger partial charge in [0, 0.05) is 7.05 Å². The molecule has 2 aromatic rings. The fourth-order valence-corrected chi connectivity index (χ4v) is 2.03. The number of hydrogen-bond acceptors (Lipinski definition) is 3. The molecule has 2 aromatic heterocycles. The van der Waals surface area contributed by atoms with Crippen molar-refractivity contribution in [3.05, 3.63) is 53.2 Å². The molecule has 0 spiro atoms.